The summed E-state index contributed by atoms with van der Waals surface area (Å²) in [4.78, 5) is 1.07. The highest BCUT2D eigenvalue weighted by Crippen LogP contribution is 2.29. The first-order valence-electron chi connectivity index (χ1n) is 6.57. The first kappa shape index (κ1) is 15.7. The summed E-state index contributed by atoms with van der Waals surface area (Å²) in [6.45, 7) is 5.42. The first-order valence-corrected chi connectivity index (χ1v) is 6.57. The standard InChI is InChI=1S/C9H14F3NO2.C3H8/c10-9(11,12)15-7-4-8(6-14)2-1-3-13(8)5-7;1-3-2/h7,14H,1-6H2;3H2,1-2H3/p+1/t7-,8-;/m1./s1. The number of hydrogen-bond donors (Lipinski definition) is 2. The molecule has 2 saturated heterocycles. The molecule has 1 unspecified atom stereocenters. The van der Waals surface area contributed by atoms with E-state index in [-0.39, 0.29) is 12.1 Å². The lowest BCUT2D eigenvalue weighted by molar-refractivity contribution is -0.927. The van der Waals surface area contributed by atoms with E-state index in [0.717, 1.165) is 24.3 Å². The molecule has 2 aliphatic rings. The smallest absolute Gasteiger partial charge is 0.390 e. The number of aliphatic hydroxyl groups is 1. The molecule has 2 N–H and O–H groups in total. The van der Waals surface area contributed by atoms with Gasteiger partial charge in [-0.2, -0.15) is 0 Å². The highest BCUT2D eigenvalue weighted by atomic mass is 19.4. The van der Waals surface area contributed by atoms with Crippen LogP contribution in [0.15, 0.2) is 0 Å². The molecular formula is C12H23F3NO2+. The molecule has 108 valence electrons. The fourth-order valence-electron chi connectivity index (χ4n) is 2.96. The van der Waals surface area contributed by atoms with Crippen LogP contribution in [0.1, 0.15) is 39.5 Å². The van der Waals surface area contributed by atoms with Crippen molar-refractivity contribution in [3.8, 4) is 0 Å². The van der Waals surface area contributed by atoms with Gasteiger partial charge >= 0.3 is 6.36 Å². The number of aliphatic hydroxyl groups excluding tert-OH is 1. The van der Waals surface area contributed by atoms with E-state index in [0.29, 0.717) is 13.0 Å². The van der Waals surface area contributed by atoms with Gasteiger partial charge in [-0.3, -0.25) is 4.74 Å². The zero-order chi connectivity index (χ0) is 13.8. The molecule has 2 fully saturated rings. The Morgan fingerprint density at radius 1 is 1.39 bits per heavy atom. The van der Waals surface area contributed by atoms with Gasteiger partial charge in [-0.05, 0) is 0 Å². The van der Waals surface area contributed by atoms with E-state index >= 15 is 0 Å². The molecule has 0 aromatic heterocycles. The summed E-state index contributed by atoms with van der Waals surface area (Å²) >= 11 is 0. The fraction of sp³-hybridized carbons (Fsp3) is 1.00. The van der Waals surface area contributed by atoms with E-state index in [2.05, 4.69) is 18.6 Å². The Hall–Kier alpha value is -0.330. The van der Waals surface area contributed by atoms with Crippen molar-refractivity contribution in [1.82, 2.24) is 0 Å². The number of rotatable bonds is 2. The van der Waals surface area contributed by atoms with Gasteiger partial charge in [0.25, 0.3) is 0 Å². The summed E-state index contributed by atoms with van der Waals surface area (Å²) in [7, 11) is 0. The van der Waals surface area contributed by atoms with Gasteiger partial charge in [-0.25, -0.2) is 0 Å². The van der Waals surface area contributed by atoms with Crippen LogP contribution in [-0.4, -0.2) is 42.8 Å². The highest BCUT2D eigenvalue weighted by Gasteiger charge is 2.54. The van der Waals surface area contributed by atoms with Crippen molar-refractivity contribution in [2.24, 2.45) is 0 Å². The number of fused-ring (bicyclic) bond motifs is 1. The zero-order valence-electron chi connectivity index (χ0n) is 11.0. The average Bonchev–Trinajstić information content (AvgIpc) is 2.72. The van der Waals surface area contributed by atoms with E-state index in [1.807, 2.05) is 0 Å². The predicted octanol–water partition coefficient (Wildman–Crippen LogP) is 1.12. The summed E-state index contributed by atoms with van der Waals surface area (Å²) < 4.78 is 40.1. The highest BCUT2D eigenvalue weighted by molar-refractivity contribution is 4.90. The Labute approximate surface area is 106 Å². The van der Waals surface area contributed by atoms with Crippen molar-refractivity contribution in [2.45, 2.75) is 57.5 Å². The van der Waals surface area contributed by atoms with E-state index in [1.165, 1.54) is 6.42 Å². The second-order valence-corrected chi connectivity index (χ2v) is 5.20. The largest absolute Gasteiger partial charge is 0.522 e. The van der Waals surface area contributed by atoms with Crippen LogP contribution in [0, 0.1) is 0 Å². The molecule has 18 heavy (non-hydrogen) atoms. The van der Waals surface area contributed by atoms with Crippen LogP contribution in [0.2, 0.25) is 0 Å². The number of hydrogen-bond acceptors (Lipinski definition) is 2. The lowest BCUT2D eigenvalue weighted by Gasteiger charge is -2.25. The topological polar surface area (TPSA) is 33.9 Å². The molecule has 2 aliphatic heterocycles. The van der Waals surface area contributed by atoms with Crippen molar-refractivity contribution in [3.63, 3.8) is 0 Å². The lowest BCUT2D eigenvalue weighted by atomic mass is 9.94. The molecule has 0 saturated carbocycles. The Bertz CT molecular complexity index is 260. The zero-order valence-corrected chi connectivity index (χ0v) is 11.0. The van der Waals surface area contributed by atoms with Crippen LogP contribution in [0.5, 0.6) is 0 Å². The Balaban J connectivity index is 0.000000492. The molecule has 0 spiro atoms. The third-order valence-electron chi connectivity index (χ3n) is 3.58. The van der Waals surface area contributed by atoms with Crippen LogP contribution >= 0.6 is 0 Å². The molecule has 3 nitrogen and oxygen atoms in total. The maximum Gasteiger partial charge on any atom is 0.522 e. The van der Waals surface area contributed by atoms with Crippen molar-refractivity contribution < 1.29 is 27.9 Å². The normalized spacial score (nSPS) is 35.0. The van der Waals surface area contributed by atoms with Crippen molar-refractivity contribution in [3.05, 3.63) is 0 Å². The summed E-state index contributed by atoms with van der Waals surface area (Å²) in [6, 6.07) is 0. The number of quaternary nitrogens is 1. The monoisotopic (exact) mass is 270 g/mol. The van der Waals surface area contributed by atoms with E-state index in [1.54, 1.807) is 0 Å². The fourth-order valence-corrected chi connectivity index (χ4v) is 2.96. The van der Waals surface area contributed by atoms with Gasteiger partial charge in [0.15, 0.2) is 0 Å². The predicted molar refractivity (Wildman–Crippen MR) is 61.3 cm³/mol. The Kier molecular flexibility index (Phi) is 5.43. The SMILES string of the molecule is CCC.OC[C@]12CCC[NH+]1C[C@H](OC(F)(F)F)C2. The van der Waals surface area contributed by atoms with E-state index in [4.69, 9.17) is 0 Å². The minimum absolute atomic E-state index is 0.0416. The van der Waals surface area contributed by atoms with Gasteiger partial charge in [0.05, 0.1) is 13.2 Å². The summed E-state index contributed by atoms with van der Waals surface area (Å²) in [5.41, 5.74) is -0.365. The second-order valence-electron chi connectivity index (χ2n) is 5.20. The van der Waals surface area contributed by atoms with E-state index < -0.39 is 12.5 Å². The molecule has 0 amide bonds. The second kappa shape index (κ2) is 6.21. The van der Waals surface area contributed by atoms with E-state index in [9.17, 15) is 18.3 Å². The van der Waals surface area contributed by atoms with Crippen molar-refractivity contribution in [1.29, 1.82) is 0 Å². The average molecular weight is 270 g/mol. The maximum atomic E-state index is 12.0. The van der Waals surface area contributed by atoms with Gasteiger partial charge in [-0.1, -0.05) is 20.3 Å². The minimum Gasteiger partial charge on any atom is -0.390 e. The number of alkyl halides is 3. The van der Waals surface area contributed by atoms with Crippen LogP contribution < -0.4 is 4.90 Å². The third kappa shape index (κ3) is 3.83. The molecule has 0 bridgehead atoms. The van der Waals surface area contributed by atoms with Gasteiger partial charge in [-0.15, -0.1) is 13.2 Å². The van der Waals surface area contributed by atoms with Gasteiger partial charge in [0.2, 0.25) is 0 Å². The van der Waals surface area contributed by atoms with Gasteiger partial charge < -0.3 is 10.0 Å². The van der Waals surface area contributed by atoms with Crippen molar-refractivity contribution >= 4 is 0 Å². The van der Waals surface area contributed by atoms with Crippen molar-refractivity contribution in [2.75, 3.05) is 19.7 Å². The third-order valence-corrected chi connectivity index (χ3v) is 3.58. The van der Waals surface area contributed by atoms with Crippen LogP contribution in [0.3, 0.4) is 0 Å². The molecule has 2 rings (SSSR count). The molecule has 0 aromatic carbocycles. The quantitative estimate of drug-likeness (QED) is 0.788. The Morgan fingerprint density at radius 2 is 2.00 bits per heavy atom. The number of halogens is 3. The summed E-state index contributed by atoms with van der Waals surface area (Å²) in [6.07, 6.45) is -1.99. The minimum atomic E-state index is -4.56. The van der Waals surface area contributed by atoms with Crippen LogP contribution in [-0.2, 0) is 4.74 Å². The molecule has 0 radical (unpaired) electrons. The molecule has 0 aromatic rings. The molecule has 3 atom stereocenters. The lowest BCUT2D eigenvalue weighted by Crippen LogP contribution is -3.16. The molecule has 0 aliphatic carbocycles. The number of nitrogens with one attached hydrogen (secondary N) is 1. The summed E-state index contributed by atoms with van der Waals surface area (Å²) in [5.74, 6) is 0. The molecular weight excluding hydrogens is 247 g/mol. The first-order chi connectivity index (χ1) is 8.37. The number of ether oxygens (including phenoxy) is 1. The van der Waals surface area contributed by atoms with Gasteiger partial charge in [0.1, 0.15) is 18.2 Å². The van der Waals surface area contributed by atoms with Gasteiger partial charge in [0, 0.05) is 19.3 Å². The maximum absolute atomic E-state index is 12.0. The molecule has 6 heteroatoms. The Morgan fingerprint density at radius 3 is 2.44 bits per heavy atom. The molecule has 2 heterocycles. The van der Waals surface area contributed by atoms with Crippen LogP contribution in [0.25, 0.3) is 0 Å². The van der Waals surface area contributed by atoms with Crippen LogP contribution in [0.4, 0.5) is 13.2 Å². The summed E-state index contributed by atoms with van der Waals surface area (Å²) in [5, 5.41) is 9.29.